The van der Waals surface area contributed by atoms with Gasteiger partial charge in [-0.25, -0.2) is 0 Å². The number of primary amides is 1. The highest BCUT2D eigenvalue weighted by atomic mass is 16.5. The monoisotopic (exact) mass is 210 g/mol. The molecule has 0 radical (unpaired) electrons. The highest BCUT2D eigenvalue weighted by Crippen LogP contribution is 2.23. The molecule has 0 aliphatic heterocycles. The molecule has 1 aliphatic rings. The number of nitrogens with two attached hydrogens (primary N) is 2. The molecule has 0 atom stereocenters. The second-order valence-electron chi connectivity index (χ2n) is 3.63. The van der Waals surface area contributed by atoms with Crippen molar-refractivity contribution in [2.75, 3.05) is 12.3 Å². The van der Waals surface area contributed by atoms with Crippen LogP contribution in [0.4, 0.5) is 5.69 Å². The van der Waals surface area contributed by atoms with Crippen molar-refractivity contribution in [1.29, 1.82) is 0 Å². The predicted molar refractivity (Wildman–Crippen MR) is 54.1 cm³/mol. The van der Waals surface area contributed by atoms with Crippen molar-refractivity contribution in [3.8, 4) is 0 Å². The molecule has 1 aromatic heterocycles. The zero-order valence-electron chi connectivity index (χ0n) is 8.35. The Hall–Kier alpha value is -1.56. The van der Waals surface area contributed by atoms with Crippen LogP contribution in [0.1, 0.15) is 23.3 Å². The van der Waals surface area contributed by atoms with E-state index < -0.39 is 5.91 Å². The normalized spacial score (nSPS) is 15.5. The van der Waals surface area contributed by atoms with E-state index in [1.807, 2.05) is 0 Å². The van der Waals surface area contributed by atoms with E-state index in [0.29, 0.717) is 24.9 Å². The van der Waals surface area contributed by atoms with Gasteiger partial charge in [0, 0.05) is 6.20 Å². The van der Waals surface area contributed by atoms with Crippen LogP contribution in [0, 0.1) is 0 Å². The highest BCUT2D eigenvalue weighted by molar-refractivity contribution is 5.95. The maximum absolute atomic E-state index is 10.9. The minimum absolute atomic E-state index is 0.126. The quantitative estimate of drug-likeness (QED) is 0.700. The first-order valence-electron chi connectivity index (χ1n) is 4.91. The van der Waals surface area contributed by atoms with Crippen LogP contribution in [0.15, 0.2) is 6.20 Å². The van der Waals surface area contributed by atoms with Crippen LogP contribution >= 0.6 is 0 Å². The molecule has 6 nitrogen and oxygen atoms in total. The van der Waals surface area contributed by atoms with Crippen molar-refractivity contribution in [2.24, 2.45) is 5.73 Å². The summed E-state index contributed by atoms with van der Waals surface area (Å²) in [4.78, 5) is 10.9. The SMILES string of the molecule is NC(=O)c1nn(CCOC2CC2)cc1N. The highest BCUT2D eigenvalue weighted by Gasteiger charge is 2.21. The summed E-state index contributed by atoms with van der Waals surface area (Å²) in [6.45, 7) is 1.18. The van der Waals surface area contributed by atoms with Gasteiger partial charge in [0.15, 0.2) is 5.69 Å². The van der Waals surface area contributed by atoms with E-state index in [9.17, 15) is 4.79 Å². The van der Waals surface area contributed by atoms with Gasteiger partial charge >= 0.3 is 0 Å². The molecule has 6 heteroatoms. The van der Waals surface area contributed by atoms with Crippen LogP contribution < -0.4 is 11.5 Å². The maximum Gasteiger partial charge on any atom is 0.271 e. The Morgan fingerprint density at radius 2 is 2.40 bits per heavy atom. The van der Waals surface area contributed by atoms with Gasteiger partial charge in [0.1, 0.15) is 0 Å². The topological polar surface area (TPSA) is 96.2 Å². The fourth-order valence-corrected chi connectivity index (χ4v) is 1.29. The molecule has 0 aromatic carbocycles. The molecule has 15 heavy (non-hydrogen) atoms. The molecule has 0 spiro atoms. The van der Waals surface area contributed by atoms with Crippen molar-refractivity contribution >= 4 is 11.6 Å². The maximum atomic E-state index is 10.9. The molecule has 1 saturated carbocycles. The molecule has 2 rings (SSSR count). The number of ether oxygens (including phenoxy) is 1. The molecule has 0 unspecified atom stereocenters. The number of hydrogen-bond donors (Lipinski definition) is 2. The van der Waals surface area contributed by atoms with Crippen LogP contribution in [0.3, 0.4) is 0 Å². The minimum Gasteiger partial charge on any atom is -0.396 e. The Labute approximate surface area is 87.2 Å². The lowest BCUT2D eigenvalue weighted by molar-refractivity contribution is 0.0989. The lowest BCUT2D eigenvalue weighted by Gasteiger charge is -2.01. The summed E-state index contributed by atoms with van der Waals surface area (Å²) >= 11 is 0. The van der Waals surface area contributed by atoms with E-state index >= 15 is 0 Å². The molecule has 1 amide bonds. The zero-order valence-corrected chi connectivity index (χ0v) is 8.35. The van der Waals surface area contributed by atoms with Crippen molar-refractivity contribution in [1.82, 2.24) is 9.78 Å². The van der Waals surface area contributed by atoms with E-state index in [2.05, 4.69) is 5.10 Å². The third-order valence-corrected chi connectivity index (χ3v) is 2.22. The molecule has 1 aromatic rings. The van der Waals surface area contributed by atoms with E-state index in [0.717, 1.165) is 12.8 Å². The van der Waals surface area contributed by atoms with Crippen LogP contribution in [0.25, 0.3) is 0 Å². The van der Waals surface area contributed by atoms with E-state index in [-0.39, 0.29) is 5.69 Å². The number of hydrogen-bond acceptors (Lipinski definition) is 4. The van der Waals surface area contributed by atoms with Gasteiger partial charge in [-0.1, -0.05) is 0 Å². The molecule has 1 aliphatic carbocycles. The van der Waals surface area contributed by atoms with Gasteiger partial charge < -0.3 is 16.2 Å². The zero-order chi connectivity index (χ0) is 10.8. The average molecular weight is 210 g/mol. The Balaban J connectivity index is 1.89. The molecule has 1 heterocycles. The molecule has 82 valence electrons. The molecular weight excluding hydrogens is 196 g/mol. The molecule has 0 bridgehead atoms. The Morgan fingerprint density at radius 1 is 1.67 bits per heavy atom. The summed E-state index contributed by atoms with van der Waals surface area (Å²) in [5.74, 6) is -0.602. The fraction of sp³-hybridized carbons (Fsp3) is 0.556. The summed E-state index contributed by atoms with van der Waals surface area (Å²) in [5, 5.41) is 3.96. The lowest BCUT2D eigenvalue weighted by Crippen LogP contribution is -2.14. The van der Waals surface area contributed by atoms with Crippen LogP contribution in [0.5, 0.6) is 0 Å². The van der Waals surface area contributed by atoms with Gasteiger partial charge in [-0.3, -0.25) is 9.48 Å². The summed E-state index contributed by atoms with van der Waals surface area (Å²) in [6, 6.07) is 0. The van der Waals surface area contributed by atoms with Gasteiger partial charge in [0.2, 0.25) is 0 Å². The van der Waals surface area contributed by atoms with Crippen LogP contribution in [-0.2, 0) is 11.3 Å². The number of amides is 1. The number of carbonyl (C=O) groups excluding carboxylic acids is 1. The number of anilines is 1. The molecule has 4 N–H and O–H groups in total. The third-order valence-electron chi connectivity index (χ3n) is 2.22. The predicted octanol–water partition coefficient (Wildman–Crippen LogP) is -0.257. The number of aromatic nitrogens is 2. The van der Waals surface area contributed by atoms with E-state index in [1.54, 1.807) is 10.9 Å². The largest absolute Gasteiger partial charge is 0.396 e. The number of nitrogens with zero attached hydrogens (tertiary/aromatic N) is 2. The average Bonchev–Trinajstić information content (AvgIpc) is 2.90. The van der Waals surface area contributed by atoms with Gasteiger partial charge in [-0.2, -0.15) is 5.10 Å². The van der Waals surface area contributed by atoms with Crippen molar-refractivity contribution in [2.45, 2.75) is 25.5 Å². The molecule has 1 fully saturated rings. The number of nitrogen functional groups attached to an aromatic ring is 1. The second kappa shape index (κ2) is 3.90. The second-order valence-corrected chi connectivity index (χ2v) is 3.63. The van der Waals surface area contributed by atoms with Crippen LogP contribution in [-0.4, -0.2) is 28.4 Å². The number of carbonyl (C=O) groups is 1. The van der Waals surface area contributed by atoms with Crippen molar-refractivity contribution in [3.05, 3.63) is 11.9 Å². The summed E-state index contributed by atoms with van der Waals surface area (Å²) in [7, 11) is 0. The Bertz CT molecular complexity index is 370. The first-order valence-corrected chi connectivity index (χ1v) is 4.91. The van der Waals surface area contributed by atoms with Crippen molar-refractivity contribution < 1.29 is 9.53 Å². The Morgan fingerprint density at radius 3 is 2.93 bits per heavy atom. The minimum atomic E-state index is -0.602. The molecular formula is C9H14N4O2. The smallest absolute Gasteiger partial charge is 0.271 e. The first-order chi connectivity index (χ1) is 7.16. The Kier molecular flexibility index (Phi) is 2.59. The lowest BCUT2D eigenvalue weighted by atomic mass is 10.4. The van der Waals surface area contributed by atoms with Crippen molar-refractivity contribution in [3.63, 3.8) is 0 Å². The van der Waals surface area contributed by atoms with Gasteiger partial charge in [0.25, 0.3) is 5.91 Å². The summed E-state index contributed by atoms with van der Waals surface area (Å²) < 4.78 is 7.03. The third kappa shape index (κ3) is 2.47. The first kappa shape index (κ1) is 9.97. The fourth-order valence-electron chi connectivity index (χ4n) is 1.29. The summed E-state index contributed by atoms with van der Waals surface area (Å²) in [6.07, 6.45) is 4.31. The standard InChI is InChI=1S/C9H14N4O2/c10-7-5-13(12-8(7)9(11)14)3-4-15-6-1-2-6/h5-6H,1-4,10H2,(H2,11,14). The van der Waals surface area contributed by atoms with E-state index in [4.69, 9.17) is 16.2 Å². The van der Waals surface area contributed by atoms with Gasteiger partial charge in [-0.15, -0.1) is 0 Å². The number of rotatable bonds is 5. The van der Waals surface area contributed by atoms with Crippen LogP contribution in [0.2, 0.25) is 0 Å². The molecule has 0 saturated heterocycles. The van der Waals surface area contributed by atoms with E-state index in [1.165, 1.54) is 0 Å². The van der Waals surface area contributed by atoms with Gasteiger partial charge in [-0.05, 0) is 12.8 Å². The van der Waals surface area contributed by atoms with Gasteiger partial charge in [0.05, 0.1) is 24.9 Å². The summed E-state index contributed by atoms with van der Waals surface area (Å²) in [5.41, 5.74) is 11.1.